The molecule has 4 nitrogen and oxygen atoms in total. The Morgan fingerprint density at radius 3 is 2.20 bits per heavy atom. The van der Waals surface area contributed by atoms with E-state index in [1.807, 2.05) is 85.8 Å². The van der Waals surface area contributed by atoms with Gasteiger partial charge in [0.05, 0.1) is 0 Å². The van der Waals surface area contributed by atoms with Crippen LogP contribution in [0, 0.1) is 12.8 Å². The summed E-state index contributed by atoms with van der Waals surface area (Å²) in [6.45, 7) is 7.09. The second-order valence-corrected chi connectivity index (χ2v) is 9.85. The number of carbonyl (C=O) groups is 2. The smallest absolute Gasteiger partial charge is 0.243 e. The Bertz CT molecular complexity index is 1100. The minimum Gasteiger partial charge on any atom is -0.354 e. The van der Waals surface area contributed by atoms with Gasteiger partial charge in [-0.25, -0.2) is 0 Å². The van der Waals surface area contributed by atoms with Gasteiger partial charge in [0, 0.05) is 31.0 Å². The summed E-state index contributed by atoms with van der Waals surface area (Å²) in [5, 5.41) is 3.72. The van der Waals surface area contributed by atoms with Crippen molar-refractivity contribution in [1.29, 1.82) is 0 Å². The van der Waals surface area contributed by atoms with Crippen LogP contribution in [0.15, 0.2) is 78.9 Å². The maximum atomic E-state index is 13.7. The predicted molar refractivity (Wildman–Crippen MR) is 143 cm³/mol. The number of nitrogens with one attached hydrogen (secondary N) is 1. The summed E-state index contributed by atoms with van der Waals surface area (Å²) < 4.78 is 0. The lowest BCUT2D eigenvalue weighted by Crippen LogP contribution is -2.51. The van der Waals surface area contributed by atoms with Crippen LogP contribution in [0.2, 0.25) is 5.02 Å². The molecule has 0 radical (unpaired) electrons. The summed E-state index contributed by atoms with van der Waals surface area (Å²) in [6.07, 6.45) is 1.25. The predicted octanol–water partition coefficient (Wildman–Crippen LogP) is 5.99. The van der Waals surface area contributed by atoms with Gasteiger partial charge in [-0.2, -0.15) is 0 Å². The zero-order chi connectivity index (χ0) is 25.2. The van der Waals surface area contributed by atoms with Crippen LogP contribution in [0.4, 0.5) is 0 Å². The van der Waals surface area contributed by atoms with Gasteiger partial charge < -0.3 is 10.2 Å². The zero-order valence-electron chi connectivity index (χ0n) is 20.8. The highest BCUT2D eigenvalue weighted by Crippen LogP contribution is 2.20. The number of aryl methyl sites for hydroxylation is 2. The first-order valence-electron chi connectivity index (χ1n) is 12.2. The van der Waals surface area contributed by atoms with Crippen molar-refractivity contribution >= 4 is 23.4 Å². The Kier molecular flexibility index (Phi) is 9.92. The fraction of sp³-hybridized carbons (Fsp3) is 0.333. The molecule has 0 spiro atoms. The van der Waals surface area contributed by atoms with Gasteiger partial charge >= 0.3 is 0 Å². The molecule has 2 amide bonds. The van der Waals surface area contributed by atoms with Crippen LogP contribution in [0.25, 0.3) is 0 Å². The van der Waals surface area contributed by atoms with E-state index in [9.17, 15) is 9.59 Å². The standard InChI is InChI=1S/C30H35ClN2O2/c1-22(2)20-32-30(35)28(19-24-9-5-4-6-10-24)33(21-25-15-13-23(3)14-16-25)29(34)18-17-26-11-7-8-12-27(26)31/h4-16,22,28H,17-21H2,1-3H3,(H,32,35). The highest BCUT2D eigenvalue weighted by molar-refractivity contribution is 6.31. The number of benzene rings is 3. The lowest BCUT2D eigenvalue weighted by molar-refractivity contribution is -0.141. The van der Waals surface area contributed by atoms with E-state index in [-0.39, 0.29) is 18.2 Å². The molecule has 3 rings (SSSR count). The minimum atomic E-state index is -0.615. The molecular weight excluding hydrogens is 456 g/mol. The molecule has 0 bridgehead atoms. The van der Waals surface area contributed by atoms with Crippen molar-refractivity contribution in [3.05, 3.63) is 106 Å². The van der Waals surface area contributed by atoms with Gasteiger partial charge in [-0.15, -0.1) is 0 Å². The SMILES string of the molecule is Cc1ccc(CN(C(=O)CCc2ccccc2Cl)C(Cc2ccccc2)C(=O)NCC(C)C)cc1. The molecule has 0 aliphatic rings. The first-order valence-corrected chi connectivity index (χ1v) is 12.6. The summed E-state index contributed by atoms with van der Waals surface area (Å²) in [4.78, 5) is 28.9. The number of hydrogen-bond acceptors (Lipinski definition) is 2. The third-order valence-corrected chi connectivity index (χ3v) is 6.36. The summed E-state index contributed by atoms with van der Waals surface area (Å²) in [6, 6.07) is 25.0. The van der Waals surface area contributed by atoms with E-state index in [1.54, 1.807) is 4.90 Å². The van der Waals surface area contributed by atoms with Gasteiger partial charge in [-0.1, -0.05) is 104 Å². The van der Waals surface area contributed by atoms with E-state index in [2.05, 4.69) is 19.2 Å². The van der Waals surface area contributed by atoms with Gasteiger partial charge in [-0.3, -0.25) is 9.59 Å². The zero-order valence-corrected chi connectivity index (χ0v) is 21.6. The van der Waals surface area contributed by atoms with E-state index in [0.29, 0.717) is 36.9 Å². The van der Waals surface area contributed by atoms with Crippen LogP contribution < -0.4 is 5.32 Å². The molecule has 5 heteroatoms. The van der Waals surface area contributed by atoms with Crippen LogP contribution >= 0.6 is 11.6 Å². The first kappa shape index (κ1) is 26.5. The molecule has 0 heterocycles. The van der Waals surface area contributed by atoms with E-state index >= 15 is 0 Å². The fourth-order valence-electron chi connectivity index (χ4n) is 3.95. The quantitative estimate of drug-likeness (QED) is 0.358. The molecule has 3 aromatic carbocycles. The summed E-state index contributed by atoms with van der Waals surface area (Å²) in [5.74, 6) is 0.129. The van der Waals surface area contributed by atoms with Crippen molar-refractivity contribution in [2.75, 3.05) is 6.54 Å². The van der Waals surface area contributed by atoms with Crippen LogP contribution in [0.3, 0.4) is 0 Å². The molecule has 3 aromatic rings. The van der Waals surface area contributed by atoms with Crippen molar-refractivity contribution in [2.45, 2.75) is 52.6 Å². The van der Waals surface area contributed by atoms with E-state index in [4.69, 9.17) is 11.6 Å². The third kappa shape index (κ3) is 8.25. The number of nitrogens with zero attached hydrogens (tertiary/aromatic N) is 1. The molecule has 1 unspecified atom stereocenters. The molecule has 1 atom stereocenters. The lowest BCUT2D eigenvalue weighted by atomic mass is 10.0. The summed E-state index contributed by atoms with van der Waals surface area (Å²) in [5.41, 5.74) is 4.10. The van der Waals surface area contributed by atoms with Crippen molar-refractivity contribution in [3.8, 4) is 0 Å². The Labute approximate surface area is 214 Å². The summed E-state index contributed by atoms with van der Waals surface area (Å²) in [7, 11) is 0. The number of rotatable bonds is 11. The maximum Gasteiger partial charge on any atom is 0.243 e. The number of carbonyl (C=O) groups excluding carboxylic acids is 2. The Morgan fingerprint density at radius 1 is 0.886 bits per heavy atom. The minimum absolute atomic E-state index is 0.0638. The van der Waals surface area contributed by atoms with Gasteiger partial charge in [0.15, 0.2) is 0 Å². The van der Waals surface area contributed by atoms with E-state index in [1.165, 1.54) is 0 Å². The molecule has 184 valence electrons. The lowest BCUT2D eigenvalue weighted by Gasteiger charge is -2.32. The fourth-order valence-corrected chi connectivity index (χ4v) is 4.18. The van der Waals surface area contributed by atoms with Crippen LogP contribution in [0.1, 0.15) is 42.5 Å². The highest BCUT2D eigenvalue weighted by Gasteiger charge is 2.30. The second kappa shape index (κ2) is 13.1. The monoisotopic (exact) mass is 490 g/mol. The average molecular weight is 491 g/mol. The number of halogens is 1. The molecule has 0 saturated heterocycles. The maximum absolute atomic E-state index is 13.7. The normalized spacial score (nSPS) is 11.8. The average Bonchev–Trinajstić information content (AvgIpc) is 2.85. The van der Waals surface area contributed by atoms with Gasteiger partial charge in [0.25, 0.3) is 0 Å². The molecule has 0 fully saturated rings. The molecule has 0 saturated carbocycles. The van der Waals surface area contributed by atoms with Crippen molar-refractivity contribution in [2.24, 2.45) is 5.92 Å². The van der Waals surface area contributed by atoms with Crippen LogP contribution in [-0.4, -0.2) is 29.3 Å². The van der Waals surface area contributed by atoms with E-state index in [0.717, 1.165) is 22.3 Å². The van der Waals surface area contributed by atoms with Crippen molar-refractivity contribution < 1.29 is 9.59 Å². The molecule has 0 aliphatic heterocycles. The van der Waals surface area contributed by atoms with Crippen molar-refractivity contribution in [1.82, 2.24) is 10.2 Å². The molecule has 0 aromatic heterocycles. The Hall–Kier alpha value is -3.11. The highest BCUT2D eigenvalue weighted by atomic mass is 35.5. The van der Waals surface area contributed by atoms with Gasteiger partial charge in [0.1, 0.15) is 6.04 Å². The van der Waals surface area contributed by atoms with E-state index < -0.39 is 6.04 Å². The molecular formula is C30H35ClN2O2. The second-order valence-electron chi connectivity index (χ2n) is 9.44. The first-order chi connectivity index (χ1) is 16.8. The third-order valence-electron chi connectivity index (χ3n) is 6.00. The number of hydrogen-bond donors (Lipinski definition) is 1. The topological polar surface area (TPSA) is 49.4 Å². The van der Waals surface area contributed by atoms with Gasteiger partial charge in [-0.05, 0) is 42.0 Å². The summed E-state index contributed by atoms with van der Waals surface area (Å²) >= 11 is 6.33. The Balaban J connectivity index is 1.90. The van der Waals surface area contributed by atoms with Crippen LogP contribution in [0.5, 0.6) is 0 Å². The van der Waals surface area contributed by atoms with Crippen molar-refractivity contribution in [3.63, 3.8) is 0 Å². The molecule has 0 aliphatic carbocycles. The molecule has 1 N–H and O–H groups in total. The Morgan fingerprint density at radius 2 is 1.54 bits per heavy atom. The molecule has 35 heavy (non-hydrogen) atoms. The largest absolute Gasteiger partial charge is 0.354 e. The van der Waals surface area contributed by atoms with Gasteiger partial charge in [0.2, 0.25) is 11.8 Å². The van der Waals surface area contributed by atoms with Crippen LogP contribution in [-0.2, 0) is 29.0 Å². The number of amides is 2.